The molecule has 2 aliphatic rings. The average molecular weight is 430 g/mol. The Morgan fingerprint density at radius 1 is 1.10 bits per heavy atom. The van der Waals surface area contributed by atoms with Crippen molar-refractivity contribution < 1.29 is 14.4 Å². The Balaban J connectivity index is 1.51. The number of nitrogens with zero attached hydrogens (tertiary/aromatic N) is 2. The maximum absolute atomic E-state index is 12.9. The van der Waals surface area contributed by atoms with Crippen LogP contribution in [0.5, 0.6) is 0 Å². The van der Waals surface area contributed by atoms with Gasteiger partial charge >= 0.3 is 5.97 Å². The first-order chi connectivity index (χ1) is 15.1. The molecule has 2 aromatic heterocycles. The quantitative estimate of drug-likeness (QED) is 0.494. The molecule has 2 aromatic carbocycles. The molecule has 0 spiro atoms. The Bertz CT molecular complexity index is 1410. The molecule has 0 bridgehead atoms. The van der Waals surface area contributed by atoms with Crippen molar-refractivity contribution >= 4 is 28.5 Å². The molecule has 6 nitrogen and oxygen atoms in total. The van der Waals surface area contributed by atoms with E-state index in [0.717, 1.165) is 45.3 Å². The van der Waals surface area contributed by atoms with E-state index in [1.54, 1.807) is 0 Å². The first-order valence-electron chi connectivity index (χ1n) is 10.2. The lowest BCUT2D eigenvalue weighted by atomic mass is 10.00. The van der Waals surface area contributed by atoms with Gasteiger partial charge in [-0.3, -0.25) is 9.36 Å². The normalized spacial score (nSPS) is 17.7. The van der Waals surface area contributed by atoms with Crippen molar-refractivity contribution in [2.45, 2.75) is 29.8 Å². The largest absolute Gasteiger partial charge is 0.480 e. The second kappa shape index (κ2) is 6.85. The zero-order valence-electron chi connectivity index (χ0n) is 16.4. The molecule has 4 aromatic rings. The lowest BCUT2D eigenvalue weighted by Gasteiger charge is -2.14. The SMILES string of the molecule is O=C(O)C1CSc2c(C3CC3)c(-c3cc(-c4cccc5ccccc45)no3)cc(=O)n21. The van der Waals surface area contributed by atoms with Crippen LogP contribution < -0.4 is 5.56 Å². The van der Waals surface area contributed by atoms with Gasteiger partial charge in [0.15, 0.2) is 5.76 Å². The summed E-state index contributed by atoms with van der Waals surface area (Å²) in [5.74, 6) is 0.263. The van der Waals surface area contributed by atoms with Crippen molar-refractivity contribution in [3.8, 4) is 22.6 Å². The summed E-state index contributed by atoms with van der Waals surface area (Å²) in [6.45, 7) is 0. The minimum Gasteiger partial charge on any atom is -0.480 e. The summed E-state index contributed by atoms with van der Waals surface area (Å²) in [6.07, 6.45) is 2.06. The number of aliphatic carboxylic acids is 1. The number of hydrogen-bond donors (Lipinski definition) is 1. The molecule has 1 aliphatic heterocycles. The van der Waals surface area contributed by atoms with Gasteiger partial charge in [-0.2, -0.15) is 0 Å². The van der Waals surface area contributed by atoms with E-state index in [1.807, 2.05) is 30.3 Å². The van der Waals surface area contributed by atoms with Crippen LogP contribution in [0.3, 0.4) is 0 Å². The minimum atomic E-state index is -0.972. The van der Waals surface area contributed by atoms with Crippen molar-refractivity contribution in [3.05, 3.63) is 70.5 Å². The van der Waals surface area contributed by atoms with Crippen LogP contribution in [-0.2, 0) is 4.79 Å². The third kappa shape index (κ3) is 2.91. The number of carboxylic acids is 1. The van der Waals surface area contributed by atoms with Crippen LogP contribution in [-0.4, -0.2) is 26.6 Å². The molecular formula is C24H18N2O4S. The fourth-order valence-electron chi connectivity index (χ4n) is 4.42. The Labute approximate surface area is 181 Å². The van der Waals surface area contributed by atoms with E-state index in [-0.39, 0.29) is 5.56 Å². The van der Waals surface area contributed by atoms with Gasteiger partial charge in [0.05, 0.1) is 5.03 Å². The lowest BCUT2D eigenvalue weighted by Crippen LogP contribution is -2.29. The second-order valence-corrected chi connectivity index (χ2v) is 9.04. The number of fused-ring (bicyclic) bond motifs is 2. The van der Waals surface area contributed by atoms with Gasteiger partial charge in [-0.25, -0.2) is 4.79 Å². The highest BCUT2D eigenvalue weighted by Gasteiger charge is 2.38. The predicted molar refractivity (Wildman–Crippen MR) is 119 cm³/mol. The van der Waals surface area contributed by atoms with Crippen molar-refractivity contribution in [2.75, 3.05) is 5.75 Å². The predicted octanol–water partition coefficient (Wildman–Crippen LogP) is 4.93. The maximum atomic E-state index is 12.9. The van der Waals surface area contributed by atoms with Gasteiger partial charge in [0, 0.05) is 29.0 Å². The van der Waals surface area contributed by atoms with Crippen LogP contribution in [0, 0.1) is 0 Å². The summed E-state index contributed by atoms with van der Waals surface area (Å²) >= 11 is 1.45. The number of thioether (sulfide) groups is 1. The Morgan fingerprint density at radius 3 is 2.71 bits per heavy atom. The zero-order valence-corrected chi connectivity index (χ0v) is 17.3. The molecule has 31 heavy (non-hydrogen) atoms. The number of benzene rings is 2. The Morgan fingerprint density at radius 2 is 1.90 bits per heavy atom. The first-order valence-corrected chi connectivity index (χ1v) is 11.2. The fourth-order valence-corrected chi connectivity index (χ4v) is 5.82. The van der Waals surface area contributed by atoms with Crippen molar-refractivity contribution in [1.29, 1.82) is 0 Å². The van der Waals surface area contributed by atoms with Crippen LogP contribution in [0.15, 0.2) is 68.9 Å². The van der Waals surface area contributed by atoms with E-state index >= 15 is 0 Å². The van der Waals surface area contributed by atoms with Gasteiger partial charge in [0.25, 0.3) is 5.56 Å². The first kappa shape index (κ1) is 18.4. The number of hydrogen-bond acceptors (Lipinski definition) is 5. The van der Waals surface area contributed by atoms with Crippen LogP contribution in [0.2, 0.25) is 0 Å². The van der Waals surface area contributed by atoms with E-state index in [1.165, 1.54) is 22.4 Å². The third-order valence-electron chi connectivity index (χ3n) is 6.05. The minimum absolute atomic E-state index is 0.310. The van der Waals surface area contributed by atoms with Crippen molar-refractivity contribution in [2.24, 2.45) is 0 Å². The summed E-state index contributed by atoms with van der Waals surface area (Å²) in [5.41, 5.74) is 3.13. The summed E-state index contributed by atoms with van der Waals surface area (Å²) in [4.78, 5) is 24.5. The van der Waals surface area contributed by atoms with Gasteiger partial charge < -0.3 is 9.63 Å². The molecular weight excluding hydrogens is 412 g/mol. The monoisotopic (exact) mass is 430 g/mol. The fraction of sp³-hybridized carbons (Fsp3) is 0.208. The molecule has 6 rings (SSSR count). The van der Waals surface area contributed by atoms with Gasteiger partial charge in [-0.05, 0) is 35.1 Å². The third-order valence-corrected chi connectivity index (χ3v) is 7.22. The lowest BCUT2D eigenvalue weighted by molar-refractivity contribution is -0.140. The molecule has 1 fully saturated rings. The smallest absolute Gasteiger partial charge is 0.327 e. The molecule has 154 valence electrons. The summed E-state index contributed by atoms with van der Waals surface area (Å²) < 4.78 is 7.17. The molecule has 7 heteroatoms. The topological polar surface area (TPSA) is 85.3 Å². The number of aromatic nitrogens is 2. The number of carboxylic acid groups (broad SMARTS) is 1. The van der Waals surface area contributed by atoms with Gasteiger partial charge in [0.2, 0.25) is 0 Å². The van der Waals surface area contributed by atoms with E-state index in [4.69, 9.17) is 4.52 Å². The zero-order chi connectivity index (χ0) is 21.1. The summed E-state index contributed by atoms with van der Waals surface area (Å²) in [5, 5.41) is 16.8. The average Bonchev–Trinajstić information content (AvgIpc) is 3.31. The molecule has 1 N–H and O–H groups in total. The van der Waals surface area contributed by atoms with Crippen LogP contribution in [0.25, 0.3) is 33.4 Å². The summed E-state index contributed by atoms with van der Waals surface area (Å²) in [6, 6.07) is 16.8. The van der Waals surface area contributed by atoms with Gasteiger partial charge in [0.1, 0.15) is 11.7 Å². The molecule has 1 aliphatic carbocycles. The van der Waals surface area contributed by atoms with Gasteiger partial charge in [-0.15, -0.1) is 11.8 Å². The molecule has 1 unspecified atom stereocenters. The van der Waals surface area contributed by atoms with Crippen LogP contribution in [0.1, 0.15) is 30.4 Å². The van der Waals surface area contributed by atoms with Crippen molar-refractivity contribution in [1.82, 2.24) is 9.72 Å². The van der Waals surface area contributed by atoms with E-state index in [9.17, 15) is 14.7 Å². The Kier molecular flexibility index (Phi) is 4.08. The highest BCUT2D eigenvalue weighted by Crippen LogP contribution is 2.50. The molecule has 1 atom stereocenters. The molecule has 0 saturated heterocycles. The molecule has 0 amide bonds. The van der Waals surface area contributed by atoms with E-state index < -0.39 is 12.0 Å². The molecule has 0 radical (unpaired) electrons. The van der Waals surface area contributed by atoms with E-state index in [0.29, 0.717) is 23.1 Å². The summed E-state index contributed by atoms with van der Waals surface area (Å²) in [7, 11) is 0. The second-order valence-electron chi connectivity index (χ2n) is 8.03. The van der Waals surface area contributed by atoms with Crippen molar-refractivity contribution in [3.63, 3.8) is 0 Å². The molecule has 3 heterocycles. The maximum Gasteiger partial charge on any atom is 0.327 e. The number of pyridine rings is 1. The van der Waals surface area contributed by atoms with E-state index in [2.05, 4.69) is 23.4 Å². The highest BCUT2D eigenvalue weighted by molar-refractivity contribution is 7.99. The highest BCUT2D eigenvalue weighted by atomic mass is 32.2. The van der Waals surface area contributed by atoms with Crippen LogP contribution >= 0.6 is 11.8 Å². The van der Waals surface area contributed by atoms with Crippen LogP contribution in [0.4, 0.5) is 0 Å². The number of rotatable bonds is 4. The standard InChI is InChI=1S/C24H18N2O4S/c27-21-10-17(22(14-8-9-14)23-26(21)19(12-31-23)24(28)29)20-11-18(25-30-20)16-7-3-5-13-4-1-2-6-15(13)16/h1-7,10-11,14,19H,8-9,12H2,(H,28,29). The number of carbonyl (C=O) groups is 1. The Hall–Kier alpha value is -3.32. The molecule has 1 saturated carbocycles. The van der Waals surface area contributed by atoms with Gasteiger partial charge in [-0.1, -0.05) is 47.6 Å².